The first kappa shape index (κ1) is 15.1. The molecule has 0 spiro atoms. The number of hydrogen-bond donors (Lipinski definition) is 1. The lowest BCUT2D eigenvalue weighted by Gasteiger charge is -2.23. The summed E-state index contributed by atoms with van der Waals surface area (Å²) in [5.41, 5.74) is 2.26. The first-order valence-electron chi connectivity index (χ1n) is 7.45. The number of alkyl halides is 1. The summed E-state index contributed by atoms with van der Waals surface area (Å²) in [6.07, 6.45) is 4.30. The van der Waals surface area contributed by atoms with Gasteiger partial charge in [-0.3, -0.25) is 19.8 Å². The van der Waals surface area contributed by atoms with Crippen LogP contribution in [0.4, 0.5) is 15.8 Å². The number of carbonyl (C=O) groups excluding carboxylic acids is 1. The second-order valence-electron chi connectivity index (χ2n) is 5.40. The minimum Gasteiger partial charge on any atom is -0.279 e. The Balaban J connectivity index is 1.98. The third-order valence-electron chi connectivity index (χ3n) is 3.59. The van der Waals surface area contributed by atoms with Gasteiger partial charge in [-0.05, 0) is 43.7 Å². The maximum absolute atomic E-state index is 13.1. The van der Waals surface area contributed by atoms with E-state index in [9.17, 15) is 9.18 Å². The highest BCUT2D eigenvalue weighted by Crippen LogP contribution is 2.28. The van der Waals surface area contributed by atoms with Crippen LogP contribution in [-0.2, 0) is 4.79 Å². The molecule has 2 aromatic heterocycles. The van der Waals surface area contributed by atoms with Gasteiger partial charge in [0, 0.05) is 23.7 Å². The smallest absolute Gasteiger partial charge is 0.231 e. The molecular weight excluding hydrogens is 295 g/mol. The molecule has 1 atom stereocenters. The second kappa shape index (κ2) is 6.56. The van der Waals surface area contributed by atoms with Gasteiger partial charge in [0.15, 0.2) is 0 Å². The predicted octanol–water partition coefficient (Wildman–Crippen LogP) is 3.76. The number of benzene rings is 1. The summed E-state index contributed by atoms with van der Waals surface area (Å²) in [5, 5.41) is 7.77. The highest BCUT2D eigenvalue weighted by molar-refractivity contribution is 6.01. The number of anilines is 2. The number of rotatable bonds is 5. The van der Waals surface area contributed by atoms with Gasteiger partial charge in [0.25, 0.3) is 0 Å². The Labute approximate surface area is 133 Å². The van der Waals surface area contributed by atoms with E-state index in [1.807, 2.05) is 24.3 Å². The number of nitrogens with one attached hydrogen (secondary N) is 1. The number of amides is 1. The van der Waals surface area contributed by atoms with Gasteiger partial charge in [-0.1, -0.05) is 0 Å². The molecule has 1 aromatic carbocycles. The molecule has 5 nitrogen and oxygen atoms in total. The second-order valence-corrected chi connectivity index (χ2v) is 5.40. The van der Waals surface area contributed by atoms with Crippen LogP contribution in [0.3, 0.4) is 0 Å². The fraction of sp³-hybridized carbons (Fsp3) is 0.235. The molecule has 3 aromatic rings. The average Bonchev–Trinajstić information content (AvgIpc) is 3.02. The Hall–Kier alpha value is -2.76. The molecule has 3 rings (SSSR count). The molecule has 118 valence electrons. The molecule has 1 N–H and O–H groups in total. The van der Waals surface area contributed by atoms with Crippen LogP contribution in [0.15, 0.2) is 48.9 Å². The maximum Gasteiger partial charge on any atom is 0.231 e. The Morgan fingerprint density at radius 3 is 2.91 bits per heavy atom. The van der Waals surface area contributed by atoms with Crippen molar-refractivity contribution in [2.45, 2.75) is 25.9 Å². The van der Waals surface area contributed by atoms with Gasteiger partial charge in [0.2, 0.25) is 5.91 Å². The summed E-state index contributed by atoms with van der Waals surface area (Å²) in [6.45, 7) is 1.46. The molecule has 2 heterocycles. The molecule has 1 amide bonds. The highest BCUT2D eigenvalue weighted by Gasteiger charge is 2.19. The minimum atomic E-state index is -1.01. The summed E-state index contributed by atoms with van der Waals surface area (Å²) >= 11 is 0. The van der Waals surface area contributed by atoms with E-state index >= 15 is 0 Å². The van der Waals surface area contributed by atoms with Crippen LogP contribution in [0, 0.1) is 0 Å². The van der Waals surface area contributed by atoms with Crippen LogP contribution >= 0.6 is 0 Å². The third-order valence-corrected chi connectivity index (χ3v) is 3.59. The Bertz CT molecular complexity index is 800. The molecule has 0 fully saturated rings. The standard InChI is InChI=1S/C17H17FN4O/c1-12(18)4-7-17(23)22(15-3-2-8-19-11-15)14-5-6-16-13(9-14)10-20-21-16/h2-3,5-6,8-12H,4,7H2,1H3,(H,20,21). The number of nitrogens with zero attached hydrogens (tertiary/aromatic N) is 3. The van der Waals surface area contributed by atoms with Gasteiger partial charge in [-0.15, -0.1) is 0 Å². The summed E-state index contributed by atoms with van der Waals surface area (Å²) in [5.74, 6) is -0.162. The number of halogens is 1. The molecule has 0 bridgehead atoms. The molecule has 0 saturated carbocycles. The van der Waals surface area contributed by atoms with Crippen molar-refractivity contribution >= 4 is 28.2 Å². The molecule has 0 aliphatic carbocycles. The largest absolute Gasteiger partial charge is 0.279 e. The zero-order valence-corrected chi connectivity index (χ0v) is 12.7. The number of aromatic nitrogens is 3. The topological polar surface area (TPSA) is 61.9 Å². The van der Waals surface area contributed by atoms with E-state index in [4.69, 9.17) is 0 Å². The van der Waals surface area contributed by atoms with Crippen molar-refractivity contribution in [3.8, 4) is 0 Å². The minimum absolute atomic E-state index is 0.135. The van der Waals surface area contributed by atoms with Crippen molar-refractivity contribution in [2.75, 3.05) is 4.90 Å². The first-order valence-corrected chi connectivity index (χ1v) is 7.45. The SMILES string of the molecule is CC(F)CCC(=O)N(c1cccnc1)c1ccc2[nH]ncc2c1. The molecule has 23 heavy (non-hydrogen) atoms. The summed E-state index contributed by atoms with van der Waals surface area (Å²) in [7, 11) is 0. The van der Waals surface area contributed by atoms with E-state index < -0.39 is 6.17 Å². The van der Waals surface area contributed by atoms with Crippen LogP contribution in [0.25, 0.3) is 10.9 Å². The van der Waals surface area contributed by atoms with Crippen LogP contribution in [0.2, 0.25) is 0 Å². The molecule has 0 saturated heterocycles. The van der Waals surface area contributed by atoms with Gasteiger partial charge in [0.05, 0.1) is 29.8 Å². The van der Waals surface area contributed by atoms with Crippen LogP contribution in [0.1, 0.15) is 19.8 Å². The monoisotopic (exact) mass is 312 g/mol. The number of carbonyl (C=O) groups is 1. The van der Waals surface area contributed by atoms with Gasteiger partial charge in [0.1, 0.15) is 0 Å². The lowest BCUT2D eigenvalue weighted by atomic mass is 10.1. The molecular formula is C17H17FN4O. The Morgan fingerprint density at radius 1 is 1.30 bits per heavy atom. The van der Waals surface area contributed by atoms with Gasteiger partial charge >= 0.3 is 0 Å². The molecule has 0 aliphatic heterocycles. The van der Waals surface area contributed by atoms with E-state index in [0.717, 1.165) is 10.9 Å². The third kappa shape index (κ3) is 3.36. The number of aromatic amines is 1. The van der Waals surface area contributed by atoms with E-state index in [-0.39, 0.29) is 18.7 Å². The number of pyridine rings is 1. The van der Waals surface area contributed by atoms with Crippen LogP contribution in [0.5, 0.6) is 0 Å². The predicted molar refractivity (Wildman–Crippen MR) is 87.3 cm³/mol. The molecule has 6 heteroatoms. The summed E-state index contributed by atoms with van der Waals surface area (Å²) in [4.78, 5) is 18.3. The Morgan fingerprint density at radius 2 is 2.17 bits per heavy atom. The van der Waals surface area contributed by atoms with Gasteiger partial charge < -0.3 is 0 Å². The molecule has 0 aliphatic rings. The molecule has 1 unspecified atom stereocenters. The van der Waals surface area contributed by atoms with Crippen LogP contribution < -0.4 is 4.90 Å². The quantitative estimate of drug-likeness (QED) is 0.780. The summed E-state index contributed by atoms with van der Waals surface area (Å²) in [6, 6.07) is 9.16. The normalized spacial score (nSPS) is 12.3. The zero-order valence-electron chi connectivity index (χ0n) is 12.7. The van der Waals surface area contributed by atoms with Crippen molar-refractivity contribution in [1.82, 2.24) is 15.2 Å². The maximum atomic E-state index is 13.1. The zero-order chi connectivity index (χ0) is 16.2. The van der Waals surface area contributed by atoms with E-state index in [2.05, 4.69) is 15.2 Å². The van der Waals surface area contributed by atoms with E-state index in [1.54, 1.807) is 29.6 Å². The van der Waals surface area contributed by atoms with Crippen LogP contribution in [-0.4, -0.2) is 27.3 Å². The van der Waals surface area contributed by atoms with Gasteiger partial charge in [-0.2, -0.15) is 5.10 Å². The fourth-order valence-corrected chi connectivity index (χ4v) is 2.43. The number of H-pyrrole nitrogens is 1. The molecule has 0 radical (unpaired) electrons. The fourth-order valence-electron chi connectivity index (χ4n) is 2.43. The van der Waals surface area contributed by atoms with Crippen molar-refractivity contribution < 1.29 is 9.18 Å². The lowest BCUT2D eigenvalue weighted by molar-refractivity contribution is -0.118. The van der Waals surface area contributed by atoms with Crippen molar-refractivity contribution in [2.24, 2.45) is 0 Å². The van der Waals surface area contributed by atoms with Crippen molar-refractivity contribution in [3.63, 3.8) is 0 Å². The average molecular weight is 312 g/mol. The number of hydrogen-bond acceptors (Lipinski definition) is 3. The number of fused-ring (bicyclic) bond motifs is 1. The Kier molecular flexibility index (Phi) is 4.32. The highest BCUT2D eigenvalue weighted by atomic mass is 19.1. The van der Waals surface area contributed by atoms with E-state index in [1.165, 1.54) is 6.92 Å². The van der Waals surface area contributed by atoms with E-state index in [0.29, 0.717) is 11.4 Å². The lowest BCUT2D eigenvalue weighted by Crippen LogP contribution is -2.26. The van der Waals surface area contributed by atoms with Gasteiger partial charge in [-0.25, -0.2) is 4.39 Å². The van der Waals surface area contributed by atoms with Crippen molar-refractivity contribution in [1.29, 1.82) is 0 Å². The first-order chi connectivity index (χ1) is 11.1. The van der Waals surface area contributed by atoms with Crippen molar-refractivity contribution in [3.05, 3.63) is 48.9 Å². The summed E-state index contributed by atoms with van der Waals surface area (Å²) < 4.78 is 13.1.